The van der Waals surface area contributed by atoms with Crippen LogP contribution in [0, 0.1) is 0 Å². The Labute approximate surface area is 72.7 Å². The zero-order valence-corrected chi connectivity index (χ0v) is 7.21. The number of allylic oxidation sites excluding steroid dienone is 1. The summed E-state index contributed by atoms with van der Waals surface area (Å²) in [6, 6.07) is 7.63. The maximum absolute atomic E-state index is 11.0. The van der Waals surface area contributed by atoms with E-state index in [9.17, 15) is 4.79 Å². The summed E-state index contributed by atoms with van der Waals surface area (Å²) >= 11 is 0. The predicted octanol–water partition coefficient (Wildman–Crippen LogP) is 2.62. The maximum Gasteiger partial charge on any atom is 0.159 e. The summed E-state index contributed by atoms with van der Waals surface area (Å²) in [6.45, 7) is 5.22. The van der Waals surface area contributed by atoms with Gasteiger partial charge in [-0.15, -0.1) is 6.58 Å². The molecule has 0 heterocycles. The highest BCUT2D eigenvalue weighted by Crippen LogP contribution is 2.06. The Morgan fingerprint density at radius 2 is 2.33 bits per heavy atom. The highest BCUT2D eigenvalue weighted by molar-refractivity contribution is 5.94. The third-order valence-corrected chi connectivity index (χ3v) is 1.71. The van der Waals surface area contributed by atoms with Crippen molar-refractivity contribution < 1.29 is 4.79 Å². The molecule has 0 saturated heterocycles. The van der Waals surface area contributed by atoms with Crippen molar-refractivity contribution >= 4 is 5.78 Å². The molecule has 0 aliphatic carbocycles. The summed E-state index contributed by atoms with van der Waals surface area (Å²) in [5.41, 5.74) is 1.91. The van der Waals surface area contributed by atoms with Crippen molar-refractivity contribution in [1.29, 1.82) is 0 Å². The Kier molecular flexibility index (Phi) is 2.81. The number of hydrogen-bond acceptors (Lipinski definition) is 1. The second kappa shape index (κ2) is 3.86. The zero-order valence-electron chi connectivity index (χ0n) is 7.21. The average Bonchev–Trinajstić information content (AvgIpc) is 2.05. The third-order valence-electron chi connectivity index (χ3n) is 1.71. The van der Waals surface area contributed by atoms with Gasteiger partial charge in [-0.05, 0) is 25.0 Å². The highest BCUT2D eigenvalue weighted by Gasteiger charge is 1.98. The Morgan fingerprint density at radius 3 is 2.92 bits per heavy atom. The van der Waals surface area contributed by atoms with Gasteiger partial charge >= 0.3 is 0 Å². The summed E-state index contributed by atoms with van der Waals surface area (Å²) in [5, 5.41) is 0. The molecule has 0 radical (unpaired) electrons. The van der Waals surface area contributed by atoms with Crippen molar-refractivity contribution in [3.63, 3.8) is 0 Å². The largest absolute Gasteiger partial charge is 0.295 e. The smallest absolute Gasteiger partial charge is 0.159 e. The van der Waals surface area contributed by atoms with Gasteiger partial charge in [0.2, 0.25) is 0 Å². The molecular weight excluding hydrogens is 148 g/mol. The minimum Gasteiger partial charge on any atom is -0.295 e. The first-order valence-electron chi connectivity index (χ1n) is 3.95. The van der Waals surface area contributed by atoms with Gasteiger partial charge in [0.25, 0.3) is 0 Å². The summed E-state index contributed by atoms with van der Waals surface area (Å²) in [4.78, 5) is 11.0. The lowest BCUT2D eigenvalue weighted by molar-refractivity contribution is 0.101. The van der Waals surface area contributed by atoms with E-state index in [1.54, 1.807) is 6.92 Å². The van der Waals surface area contributed by atoms with Crippen LogP contribution in [0.25, 0.3) is 0 Å². The molecule has 1 nitrogen and oxygen atoms in total. The molecule has 12 heavy (non-hydrogen) atoms. The lowest BCUT2D eigenvalue weighted by Crippen LogP contribution is -1.92. The summed E-state index contributed by atoms with van der Waals surface area (Å²) in [5.74, 6) is 0.112. The number of Topliss-reactive ketones (excluding diaryl/α,β-unsaturated/α-hetero) is 1. The summed E-state index contributed by atoms with van der Waals surface area (Å²) < 4.78 is 0. The molecule has 0 bridgehead atoms. The van der Waals surface area contributed by atoms with Gasteiger partial charge in [-0.3, -0.25) is 4.79 Å². The van der Waals surface area contributed by atoms with Crippen molar-refractivity contribution in [2.75, 3.05) is 0 Å². The fourth-order valence-corrected chi connectivity index (χ4v) is 1.08. The van der Waals surface area contributed by atoms with Gasteiger partial charge in [-0.25, -0.2) is 0 Å². The first-order chi connectivity index (χ1) is 5.74. The van der Waals surface area contributed by atoms with Crippen molar-refractivity contribution in [3.05, 3.63) is 48.0 Å². The molecule has 1 heteroatoms. The fourth-order valence-electron chi connectivity index (χ4n) is 1.08. The minimum absolute atomic E-state index is 0.112. The molecule has 0 aliphatic heterocycles. The summed E-state index contributed by atoms with van der Waals surface area (Å²) in [7, 11) is 0. The van der Waals surface area contributed by atoms with Crippen LogP contribution in [0.1, 0.15) is 22.8 Å². The number of carbonyl (C=O) groups is 1. The van der Waals surface area contributed by atoms with Gasteiger partial charge in [-0.2, -0.15) is 0 Å². The average molecular weight is 160 g/mol. The van der Waals surface area contributed by atoms with Crippen LogP contribution in [0.2, 0.25) is 0 Å². The van der Waals surface area contributed by atoms with Crippen molar-refractivity contribution in [2.45, 2.75) is 13.3 Å². The Hall–Kier alpha value is -1.37. The molecule has 0 unspecified atom stereocenters. The molecule has 0 saturated carbocycles. The van der Waals surface area contributed by atoms with Crippen LogP contribution < -0.4 is 0 Å². The van der Waals surface area contributed by atoms with E-state index in [-0.39, 0.29) is 5.78 Å². The predicted molar refractivity (Wildman–Crippen MR) is 50.3 cm³/mol. The standard InChI is InChI=1S/C11H12O/c1-3-5-10-6-4-7-11(8-10)9(2)12/h3-4,6-8H,1,5H2,2H3. The van der Waals surface area contributed by atoms with E-state index >= 15 is 0 Å². The Bertz CT molecular complexity index is 300. The second-order valence-corrected chi connectivity index (χ2v) is 2.75. The van der Waals surface area contributed by atoms with E-state index in [1.165, 1.54) is 0 Å². The van der Waals surface area contributed by atoms with Gasteiger partial charge < -0.3 is 0 Å². The van der Waals surface area contributed by atoms with E-state index in [0.717, 1.165) is 17.5 Å². The highest BCUT2D eigenvalue weighted by atomic mass is 16.1. The van der Waals surface area contributed by atoms with Crippen LogP contribution in [-0.2, 0) is 6.42 Å². The SMILES string of the molecule is C=CCc1cccc(C(C)=O)c1. The van der Waals surface area contributed by atoms with Crippen molar-refractivity contribution in [2.24, 2.45) is 0 Å². The lowest BCUT2D eigenvalue weighted by Gasteiger charge is -1.98. The van der Waals surface area contributed by atoms with Crippen LogP contribution in [0.4, 0.5) is 0 Å². The quantitative estimate of drug-likeness (QED) is 0.490. The Morgan fingerprint density at radius 1 is 1.58 bits per heavy atom. The van der Waals surface area contributed by atoms with Crippen molar-refractivity contribution in [1.82, 2.24) is 0 Å². The number of rotatable bonds is 3. The number of ketones is 1. The summed E-state index contributed by atoms with van der Waals surface area (Å²) in [6.07, 6.45) is 2.65. The number of hydrogen-bond donors (Lipinski definition) is 0. The molecule has 1 aromatic rings. The molecule has 62 valence electrons. The topological polar surface area (TPSA) is 17.1 Å². The maximum atomic E-state index is 11.0. The molecule has 0 N–H and O–H groups in total. The van der Waals surface area contributed by atoms with Crippen molar-refractivity contribution in [3.8, 4) is 0 Å². The third kappa shape index (κ3) is 2.06. The van der Waals surface area contributed by atoms with Gasteiger partial charge in [0, 0.05) is 5.56 Å². The monoisotopic (exact) mass is 160 g/mol. The molecule has 0 amide bonds. The lowest BCUT2D eigenvalue weighted by atomic mass is 10.1. The number of benzene rings is 1. The van der Waals surface area contributed by atoms with Gasteiger partial charge in [-0.1, -0.05) is 24.3 Å². The van der Waals surface area contributed by atoms with Gasteiger partial charge in [0.1, 0.15) is 0 Å². The van der Waals surface area contributed by atoms with Crippen LogP contribution in [-0.4, -0.2) is 5.78 Å². The first kappa shape index (κ1) is 8.72. The van der Waals surface area contributed by atoms with E-state index in [4.69, 9.17) is 0 Å². The molecule has 0 fully saturated rings. The molecular formula is C11H12O. The van der Waals surface area contributed by atoms with E-state index in [1.807, 2.05) is 30.3 Å². The molecule has 0 spiro atoms. The molecule has 0 aromatic heterocycles. The van der Waals surface area contributed by atoms with E-state index in [2.05, 4.69) is 6.58 Å². The van der Waals surface area contributed by atoms with E-state index in [0.29, 0.717) is 0 Å². The molecule has 1 aromatic carbocycles. The van der Waals surface area contributed by atoms with Crippen LogP contribution in [0.15, 0.2) is 36.9 Å². The van der Waals surface area contributed by atoms with Gasteiger partial charge in [0.15, 0.2) is 5.78 Å². The number of carbonyl (C=O) groups excluding carboxylic acids is 1. The molecule has 0 atom stereocenters. The minimum atomic E-state index is 0.112. The van der Waals surface area contributed by atoms with Gasteiger partial charge in [0.05, 0.1) is 0 Å². The van der Waals surface area contributed by atoms with Crippen LogP contribution >= 0.6 is 0 Å². The van der Waals surface area contributed by atoms with Crippen LogP contribution in [0.5, 0.6) is 0 Å². The van der Waals surface area contributed by atoms with Crippen LogP contribution in [0.3, 0.4) is 0 Å². The zero-order chi connectivity index (χ0) is 8.97. The Balaban J connectivity index is 2.95. The molecule has 0 aliphatic rings. The second-order valence-electron chi connectivity index (χ2n) is 2.75. The first-order valence-corrected chi connectivity index (χ1v) is 3.95. The fraction of sp³-hybridized carbons (Fsp3) is 0.182. The van der Waals surface area contributed by atoms with E-state index < -0.39 is 0 Å². The molecule has 1 rings (SSSR count). The normalized spacial score (nSPS) is 9.42.